The number of nitrogens with zero attached hydrogens (tertiary/aromatic N) is 2. The first-order valence-corrected chi connectivity index (χ1v) is 7.65. The summed E-state index contributed by atoms with van der Waals surface area (Å²) in [6.45, 7) is -0.0590. The van der Waals surface area contributed by atoms with Gasteiger partial charge in [0.05, 0.1) is 0 Å². The molecule has 0 radical (unpaired) electrons. The van der Waals surface area contributed by atoms with Gasteiger partial charge in [0.1, 0.15) is 0 Å². The molecule has 1 aliphatic heterocycles. The van der Waals surface area contributed by atoms with E-state index in [1.54, 1.807) is 6.08 Å². The molecule has 0 saturated carbocycles. The highest BCUT2D eigenvalue weighted by Gasteiger charge is 2.43. The van der Waals surface area contributed by atoms with Gasteiger partial charge in [-0.2, -0.15) is 13.2 Å². The molecule has 0 bridgehead atoms. The Morgan fingerprint density at radius 2 is 1.70 bits per heavy atom. The average Bonchev–Trinajstić information content (AvgIpc) is 2.51. The fourth-order valence-electron chi connectivity index (χ4n) is 2.19. The predicted octanol–water partition coefficient (Wildman–Crippen LogP) is 2.70. The number of piperazine rings is 1. The maximum atomic E-state index is 12.3. The van der Waals surface area contributed by atoms with Gasteiger partial charge < -0.3 is 9.80 Å². The van der Waals surface area contributed by atoms with E-state index in [0.717, 1.165) is 14.9 Å². The van der Waals surface area contributed by atoms with Crippen molar-refractivity contribution in [1.29, 1.82) is 0 Å². The van der Waals surface area contributed by atoms with Crippen molar-refractivity contribution in [2.24, 2.45) is 0 Å². The molecule has 1 saturated heterocycles. The molecule has 1 heterocycles. The van der Waals surface area contributed by atoms with Crippen LogP contribution < -0.4 is 0 Å². The highest BCUT2D eigenvalue weighted by atomic mass is 79.9. The molecule has 1 aromatic carbocycles. The van der Waals surface area contributed by atoms with Crippen LogP contribution in [0.25, 0.3) is 6.08 Å². The van der Waals surface area contributed by atoms with Crippen molar-refractivity contribution in [3.8, 4) is 0 Å². The van der Waals surface area contributed by atoms with E-state index < -0.39 is 12.1 Å². The van der Waals surface area contributed by atoms with Crippen LogP contribution in [-0.2, 0) is 9.59 Å². The number of hydrogen-bond donors (Lipinski definition) is 0. The summed E-state index contributed by atoms with van der Waals surface area (Å²) in [6, 6.07) is 7.35. The Kier molecular flexibility index (Phi) is 5.46. The number of benzene rings is 1. The third-order valence-electron chi connectivity index (χ3n) is 3.39. The summed E-state index contributed by atoms with van der Waals surface area (Å²) in [5.41, 5.74) is 0.832. The molecule has 0 aliphatic carbocycles. The molecule has 0 unspecified atom stereocenters. The minimum Gasteiger partial charge on any atom is -0.336 e. The Morgan fingerprint density at radius 3 is 2.26 bits per heavy atom. The number of carbonyl (C=O) groups is 2. The van der Waals surface area contributed by atoms with Gasteiger partial charge in [-0.1, -0.05) is 28.1 Å². The zero-order valence-electron chi connectivity index (χ0n) is 12.0. The van der Waals surface area contributed by atoms with E-state index in [-0.39, 0.29) is 32.1 Å². The van der Waals surface area contributed by atoms with Gasteiger partial charge in [0.2, 0.25) is 5.91 Å². The van der Waals surface area contributed by atoms with Gasteiger partial charge in [-0.25, -0.2) is 0 Å². The minimum atomic E-state index is -4.87. The Labute approximate surface area is 139 Å². The van der Waals surface area contributed by atoms with Crippen molar-refractivity contribution in [2.45, 2.75) is 6.18 Å². The molecule has 124 valence electrons. The lowest BCUT2D eigenvalue weighted by Gasteiger charge is -2.34. The summed E-state index contributed by atoms with van der Waals surface area (Å²) in [4.78, 5) is 25.3. The molecular formula is C15H14BrF3N2O2. The van der Waals surface area contributed by atoms with E-state index in [1.807, 2.05) is 24.3 Å². The molecule has 0 spiro atoms. The molecule has 23 heavy (non-hydrogen) atoms. The number of alkyl halides is 3. The van der Waals surface area contributed by atoms with Gasteiger partial charge in [-0.15, -0.1) is 0 Å². The second-order valence-corrected chi connectivity index (χ2v) is 5.92. The molecule has 1 fully saturated rings. The van der Waals surface area contributed by atoms with Gasteiger partial charge in [0.25, 0.3) is 0 Å². The topological polar surface area (TPSA) is 40.6 Å². The van der Waals surface area contributed by atoms with Crippen LogP contribution in [-0.4, -0.2) is 54.0 Å². The highest BCUT2D eigenvalue weighted by molar-refractivity contribution is 9.10. The highest BCUT2D eigenvalue weighted by Crippen LogP contribution is 2.19. The van der Waals surface area contributed by atoms with Crippen molar-refractivity contribution in [3.05, 3.63) is 40.4 Å². The molecule has 1 aliphatic rings. The van der Waals surface area contributed by atoms with Crippen LogP contribution in [0.2, 0.25) is 0 Å². The van der Waals surface area contributed by atoms with E-state index in [1.165, 1.54) is 11.0 Å². The second kappa shape index (κ2) is 7.16. The fourth-order valence-corrected chi connectivity index (χ4v) is 2.61. The van der Waals surface area contributed by atoms with Gasteiger partial charge >= 0.3 is 12.1 Å². The average molecular weight is 391 g/mol. The van der Waals surface area contributed by atoms with Crippen LogP contribution >= 0.6 is 15.9 Å². The van der Waals surface area contributed by atoms with Gasteiger partial charge in [-0.05, 0) is 23.8 Å². The quantitative estimate of drug-likeness (QED) is 0.728. The lowest BCUT2D eigenvalue weighted by Crippen LogP contribution is -2.53. The van der Waals surface area contributed by atoms with Crippen molar-refractivity contribution >= 4 is 33.8 Å². The van der Waals surface area contributed by atoms with E-state index in [9.17, 15) is 22.8 Å². The summed E-state index contributed by atoms with van der Waals surface area (Å²) in [5, 5.41) is 0. The molecule has 0 N–H and O–H groups in total. The van der Waals surface area contributed by atoms with E-state index >= 15 is 0 Å². The standard InChI is InChI=1S/C15H14BrF3N2O2/c16-12-3-1-2-11(10-12)4-5-13(22)20-6-8-21(9-7-20)14(23)15(17,18)19/h1-5,10H,6-9H2/b5-4+. The van der Waals surface area contributed by atoms with Crippen molar-refractivity contribution < 1.29 is 22.8 Å². The normalized spacial score (nSPS) is 16.0. The Bertz CT molecular complexity index is 623. The van der Waals surface area contributed by atoms with E-state index in [4.69, 9.17) is 0 Å². The zero-order valence-corrected chi connectivity index (χ0v) is 13.6. The van der Waals surface area contributed by atoms with Crippen LogP contribution in [0.15, 0.2) is 34.8 Å². The van der Waals surface area contributed by atoms with Crippen LogP contribution in [0.1, 0.15) is 5.56 Å². The van der Waals surface area contributed by atoms with Crippen molar-refractivity contribution in [2.75, 3.05) is 26.2 Å². The van der Waals surface area contributed by atoms with Crippen LogP contribution in [0.3, 0.4) is 0 Å². The maximum Gasteiger partial charge on any atom is 0.471 e. The summed E-state index contributed by atoms with van der Waals surface area (Å²) in [7, 11) is 0. The molecule has 8 heteroatoms. The first-order chi connectivity index (χ1) is 10.8. The SMILES string of the molecule is O=C(/C=C/c1cccc(Br)c1)N1CCN(C(=O)C(F)(F)F)CC1. The molecule has 0 aromatic heterocycles. The molecule has 2 amide bonds. The van der Waals surface area contributed by atoms with Crippen LogP contribution in [0.4, 0.5) is 13.2 Å². The van der Waals surface area contributed by atoms with E-state index in [0.29, 0.717) is 0 Å². The predicted molar refractivity (Wildman–Crippen MR) is 82.4 cm³/mol. The summed E-state index contributed by atoms with van der Waals surface area (Å²) in [6.07, 6.45) is -1.85. The summed E-state index contributed by atoms with van der Waals surface area (Å²) in [5.74, 6) is -2.14. The molecular weight excluding hydrogens is 377 g/mol. The van der Waals surface area contributed by atoms with E-state index in [2.05, 4.69) is 15.9 Å². The maximum absolute atomic E-state index is 12.3. The lowest BCUT2D eigenvalue weighted by molar-refractivity contribution is -0.187. The Morgan fingerprint density at radius 1 is 1.09 bits per heavy atom. The lowest BCUT2D eigenvalue weighted by atomic mass is 10.2. The van der Waals surface area contributed by atoms with Crippen LogP contribution in [0.5, 0.6) is 0 Å². The molecule has 1 aromatic rings. The van der Waals surface area contributed by atoms with Crippen LogP contribution in [0, 0.1) is 0 Å². The largest absolute Gasteiger partial charge is 0.471 e. The molecule has 4 nitrogen and oxygen atoms in total. The Balaban J connectivity index is 1.90. The van der Waals surface area contributed by atoms with Crippen molar-refractivity contribution in [1.82, 2.24) is 9.80 Å². The third kappa shape index (κ3) is 4.82. The van der Waals surface area contributed by atoms with Gasteiger partial charge in [0.15, 0.2) is 0 Å². The first-order valence-electron chi connectivity index (χ1n) is 6.86. The smallest absolute Gasteiger partial charge is 0.336 e. The number of rotatable bonds is 2. The number of amides is 2. The summed E-state index contributed by atoms with van der Waals surface area (Å²) >= 11 is 3.32. The van der Waals surface area contributed by atoms with Gasteiger partial charge in [-0.3, -0.25) is 9.59 Å². The van der Waals surface area contributed by atoms with Gasteiger partial charge in [0, 0.05) is 36.7 Å². The molecule has 2 rings (SSSR count). The zero-order chi connectivity index (χ0) is 17.0. The Hall–Kier alpha value is -1.83. The monoisotopic (exact) mass is 390 g/mol. The number of halogens is 4. The second-order valence-electron chi connectivity index (χ2n) is 5.00. The number of carbonyl (C=O) groups excluding carboxylic acids is 2. The number of hydrogen-bond acceptors (Lipinski definition) is 2. The van der Waals surface area contributed by atoms with Crippen molar-refractivity contribution in [3.63, 3.8) is 0 Å². The first kappa shape index (κ1) is 17.5. The summed E-state index contributed by atoms with van der Waals surface area (Å²) < 4.78 is 37.9. The molecule has 0 atom stereocenters. The fraction of sp³-hybridized carbons (Fsp3) is 0.333. The third-order valence-corrected chi connectivity index (χ3v) is 3.88. The minimum absolute atomic E-state index is 0.0868.